The Morgan fingerprint density at radius 2 is 2.15 bits per heavy atom. The number of ether oxygens (including phenoxy) is 1. The Morgan fingerprint density at radius 3 is 2.75 bits per heavy atom. The van der Waals surface area contributed by atoms with Crippen LogP contribution in [0, 0.1) is 0 Å². The lowest BCUT2D eigenvalue weighted by Gasteiger charge is -2.31. The van der Waals surface area contributed by atoms with Crippen LogP contribution in [0.25, 0.3) is 0 Å². The fourth-order valence-electron chi connectivity index (χ4n) is 2.29. The van der Waals surface area contributed by atoms with Crippen LogP contribution in [0.2, 0.25) is 0 Å². The first-order valence-electron chi connectivity index (χ1n) is 5.85. The van der Waals surface area contributed by atoms with E-state index in [0.717, 1.165) is 0 Å². The Balaban J connectivity index is 2.58. The number of fused-ring (bicyclic) bond motifs is 1. The van der Waals surface area contributed by atoms with Gasteiger partial charge in [-0.2, -0.15) is 0 Å². The molecule has 8 heteroatoms. The van der Waals surface area contributed by atoms with Crippen LogP contribution >= 0.6 is 11.6 Å². The summed E-state index contributed by atoms with van der Waals surface area (Å²) in [4.78, 5) is 10.2. The van der Waals surface area contributed by atoms with Crippen molar-refractivity contribution in [2.75, 3.05) is 19.0 Å². The van der Waals surface area contributed by atoms with Gasteiger partial charge in [0.1, 0.15) is 23.3 Å². The third kappa shape index (κ3) is 2.59. The predicted octanol–water partition coefficient (Wildman–Crippen LogP) is 2.00. The summed E-state index contributed by atoms with van der Waals surface area (Å²) in [5.41, 5.74) is -0.248. The molecule has 1 aliphatic carbocycles. The highest BCUT2D eigenvalue weighted by Gasteiger charge is 2.41. The van der Waals surface area contributed by atoms with Crippen molar-refractivity contribution in [1.82, 2.24) is 0 Å². The lowest BCUT2D eigenvalue weighted by Crippen LogP contribution is -2.33. The molecule has 4 nitrogen and oxygen atoms in total. The summed E-state index contributed by atoms with van der Waals surface area (Å²) in [6.45, 7) is -1.01. The molecule has 0 spiro atoms. The van der Waals surface area contributed by atoms with Gasteiger partial charge in [-0.25, -0.2) is 22.0 Å². The molecule has 1 atom stereocenters. The molecule has 1 unspecified atom stereocenters. The zero-order chi connectivity index (χ0) is 14.9. The molecule has 20 heavy (non-hydrogen) atoms. The van der Waals surface area contributed by atoms with E-state index in [0.29, 0.717) is 0 Å². The molecule has 0 N–H and O–H groups in total. The second-order valence-corrected chi connectivity index (χ2v) is 6.80. The molecule has 2 rings (SSSR count). The van der Waals surface area contributed by atoms with E-state index in [1.807, 2.05) is 0 Å². The fourth-order valence-corrected chi connectivity index (χ4v) is 4.37. The molecular weight excluding hydrogens is 314 g/mol. The largest absolute Gasteiger partial charge is 0.371 e. The summed E-state index contributed by atoms with van der Waals surface area (Å²) in [5, 5.41) is -0.163. The summed E-state index contributed by atoms with van der Waals surface area (Å²) in [6.07, 6.45) is -1.31. The number of alkyl halides is 1. The molecular formula is C12H11ClF2O4S. The average molecular weight is 325 g/mol. The van der Waals surface area contributed by atoms with Crippen LogP contribution in [-0.4, -0.2) is 39.5 Å². The zero-order valence-electron chi connectivity index (χ0n) is 10.3. The first-order chi connectivity index (χ1) is 9.42. The van der Waals surface area contributed by atoms with Crippen molar-refractivity contribution < 1.29 is 26.7 Å². The number of hydrogen-bond donors (Lipinski definition) is 0. The second kappa shape index (κ2) is 5.77. The summed E-state index contributed by atoms with van der Waals surface area (Å²) < 4.78 is 55.3. The van der Waals surface area contributed by atoms with Crippen molar-refractivity contribution in [2.45, 2.75) is 18.9 Å². The van der Waals surface area contributed by atoms with Crippen LogP contribution in [0.15, 0.2) is 26.9 Å². The van der Waals surface area contributed by atoms with Crippen LogP contribution in [0.5, 0.6) is 0 Å². The molecule has 0 amide bonds. The van der Waals surface area contributed by atoms with Crippen molar-refractivity contribution >= 4 is 27.4 Å². The number of rotatable bonds is 3. The Kier molecular flexibility index (Phi) is 4.44. The maximum Gasteiger partial charge on any atom is 0.181 e. The van der Waals surface area contributed by atoms with Crippen molar-refractivity contribution in [3.05, 3.63) is 26.9 Å². The van der Waals surface area contributed by atoms with Gasteiger partial charge in [-0.15, -0.1) is 0 Å². The van der Waals surface area contributed by atoms with E-state index >= 15 is 0 Å². The van der Waals surface area contributed by atoms with Gasteiger partial charge in [-0.1, -0.05) is 11.6 Å². The van der Waals surface area contributed by atoms with Crippen LogP contribution in [0.3, 0.4) is 0 Å². The molecule has 1 fully saturated rings. The lowest BCUT2D eigenvalue weighted by molar-refractivity contribution is 0.0651. The first kappa shape index (κ1) is 15.4. The highest BCUT2D eigenvalue weighted by atomic mass is 35.5. The molecule has 0 saturated carbocycles. The maximum absolute atomic E-state index is 14.0. The van der Waals surface area contributed by atoms with E-state index in [1.165, 1.54) is 5.94 Å². The van der Waals surface area contributed by atoms with Crippen LogP contribution in [0.1, 0.15) is 12.8 Å². The highest BCUT2D eigenvalue weighted by molar-refractivity contribution is 7.95. The van der Waals surface area contributed by atoms with Gasteiger partial charge in [-0.05, 0) is 6.42 Å². The van der Waals surface area contributed by atoms with E-state index in [2.05, 4.69) is 0 Å². The first-order valence-corrected chi connectivity index (χ1v) is 7.88. The normalized spacial score (nSPS) is 25.6. The monoisotopic (exact) mass is 324 g/mol. The van der Waals surface area contributed by atoms with Gasteiger partial charge >= 0.3 is 0 Å². The minimum Gasteiger partial charge on any atom is -0.371 e. The zero-order valence-corrected chi connectivity index (χ0v) is 11.9. The van der Waals surface area contributed by atoms with Gasteiger partial charge in [0, 0.05) is 12.0 Å². The Hall–Kier alpha value is -1.01. The van der Waals surface area contributed by atoms with Crippen molar-refractivity contribution in [2.24, 2.45) is 0 Å². The molecule has 0 aromatic heterocycles. The van der Waals surface area contributed by atoms with Crippen LogP contribution < -0.4 is 0 Å². The van der Waals surface area contributed by atoms with Gasteiger partial charge in [0.25, 0.3) is 0 Å². The fraction of sp³-hybridized carbons (Fsp3) is 0.500. The van der Waals surface area contributed by atoms with Gasteiger partial charge < -0.3 is 4.74 Å². The van der Waals surface area contributed by atoms with Gasteiger partial charge in [0.05, 0.1) is 29.1 Å². The standard InChI is InChI=1S/C12H11ClF2O4S/c13-11-7(6-16)5-8(15)12-10(11)9(19-3-2-14)1-4-20(12,17)18/h9H,1-5H2. The van der Waals surface area contributed by atoms with Crippen molar-refractivity contribution in [3.8, 4) is 0 Å². The van der Waals surface area contributed by atoms with E-state index in [4.69, 9.17) is 16.3 Å². The van der Waals surface area contributed by atoms with Gasteiger partial charge in [-0.3, -0.25) is 0 Å². The summed E-state index contributed by atoms with van der Waals surface area (Å²) >= 11 is 5.96. The van der Waals surface area contributed by atoms with Crippen LogP contribution in [-0.2, 0) is 19.4 Å². The number of carbonyl (C=O) groups excluding carboxylic acids is 1. The number of allylic oxidation sites excluding steroid dienone is 3. The molecule has 110 valence electrons. The Bertz CT molecular complexity index is 644. The third-order valence-electron chi connectivity index (χ3n) is 3.13. The molecule has 2 aliphatic rings. The SMILES string of the molecule is O=C=C1CC(F)=C2C(=C1Cl)C(OCCF)CCS2(=O)=O. The molecule has 0 aromatic carbocycles. The maximum atomic E-state index is 14.0. The topological polar surface area (TPSA) is 60.4 Å². The quantitative estimate of drug-likeness (QED) is 0.745. The van der Waals surface area contributed by atoms with Gasteiger partial charge in [0.15, 0.2) is 9.84 Å². The average Bonchev–Trinajstić information content (AvgIpc) is 2.40. The molecule has 0 radical (unpaired) electrons. The number of sulfone groups is 1. The molecule has 1 heterocycles. The Morgan fingerprint density at radius 1 is 1.45 bits per heavy atom. The van der Waals surface area contributed by atoms with Crippen LogP contribution in [0.4, 0.5) is 8.78 Å². The highest BCUT2D eigenvalue weighted by Crippen LogP contribution is 2.44. The van der Waals surface area contributed by atoms with E-state index in [1.54, 1.807) is 0 Å². The second-order valence-electron chi connectivity index (χ2n) is 4.38. The molecule has 1 saturated heterocycles. The summed E-state index contributed by atoms with van der Waals surface area (Å²) in [6, 6.07) is 0. The van der Waals surface area contributed by atoms with Crippen molar-refractivity contribution in [3.63, 3.8) is 0 Å². The number of hydrogen-bond acceptors (Lipinski definition) is 4. The summed E-state index contributed by atoms with van der Waals surface area (Å²) in [5.74, 6) is 0.246. The van der Waals surface area contributed by atoms with E-state index in [-0.39, 0.29) is 35.0 Å². The Labute approximate surface area is 119 Å². The van der Waals surface area contributed by atoms with Crippen molar-refractivity contribution in [1.29, 1.82) is 0 Å². The number of halogens is 3. The molecule has 1 aliphatic heterocycles. The smallest absolute Gasteiger partial charge is 0.181 e. The third-order valence-corrected chi connectivity index (χ3v) is 5.39. The van der Waals surface area contributed by atoms with E-state index in [9.17, 15) is 22.0 Å². The molecule has 0 aromatic rings. The molecule has 0 bridgehead atoms. The predicted molar refractivity (Wildman–Crippen MR) is 69.0 cm³/mol. The van der Waals surface area contributed by atoms with E-state index < -0.39 is 39.8 Å². The summed E-state index contributed by atoms with van der Waals surface area (Å²) in [7, 11) is -3.81. The minimum absolute atomic E-state index is 0.0385. The van der Waals surface area contributed by atoms with Gasteiger partial charge in [0.2, 0.25) is 0 Å². The lowest BCUT2D eigenvalue weighted by atomic mass is 9.95. The minimum atomic E-state index is -3.81.